The largest absolute Gasteiger partial charge is 0.391 e. The van der Waals surface area contributed by atoms with Crippen molar-refractivity contribution in [3.05, 3.63) is 29.3 Å². The molecule has 0 radical (unpaired) electrons. The molecule has 0 spiro atoms. The summed E-state index contributed by atoms with van der Waals surface area (Å²) in [6, 6.07) is 6.57. The molecule has 1 fully saturated rings. The summed E-state index contributed by atoms with van der Waals surface area (Å²) in [6.07, 6.45) is 0.720. The third-order valence-corrected chi connectivity index (χ3v) is 3.30. The predicted molar refractivity (Wildman–Crippen MR) is 71.4 cm³/mol. The van der Waals surface area contributed by atoms with Gasteiger partial charge in [-0.3, -0.25) is 0 Å². The molecule has 0 saturated carbocycles. The van der Waals surface area contributed by atoms with Crippen molar-refractivity contribution in [3.63, 3.8) is 0 Å². The van der Waals surface area contributed by atoms with Crippen LogP contribution in [0.25, 0.3) is 0 Å². The highest BCUT2D eigenvalue weighted by Gasteiger charge is 2.22. The lowest BCUT2D eigenvalue weighted by Crippen LogP contribution is -2.24. The molecule has 0 bridgehead atoms. The van der Waals surface area contributed by atoms with Crippen LogP contribution in [0, 0.1) is 6.92 Å². The van der Waals surface area contributed by atoms with E-state index in [1.54, 1.807) is 0 Å². The highest BCUT2D eigenvalue weighted by Crippen LogP contribution is 2.25. The Labute approximate surface area is 103 Å². The van der Waals surface area contributed by atoms with Crippen molar-refractivity contribution in [2.45, 2.75) is 32.9 Å². The molecular formula is C14H22N2O. The third-order valence-electron chi connectivity index (χ3n) is 3.30. The molecule has 0 amide bonds. The van der Waals surface area contributed by atoms with E-state index in [1.807, 2.05) is 0 Å². The Morgan fingerprint density at radius 3 is 2.94 bits per heavy atom. The first-order valence-corrected chi connectivity index (χ1v) is 6.44. The molecule has 1 aliphatic heterocycles. The minimum absolute atomic E-state index is 0.164. The first-order valence-electron chi connectivity index (χ1n) is 6.44. The Balaban J connectivity index is 2.19. The summed E-state index contributed by atoms with van der Waals surface area (Å²) in [4.78, 5) is 2.29. The van der Waals surface area contributed by atoms with E-state index in [0.717, 1.165) is 32.6 Å². The number of hydrogen-bond acceptors (Lipinski definition) is 3. The molecule has 0 aliphatic carbocycles. The van der Waals surface area contributed by atoms with Crippen LogP contribution < -0.4 is 10.2 Å². The Morgan fingerprint density at radius 2 is 2.29 bits per heavy atom. The second kappa shape index (κ2) is 5.52. The molecule has 17 heavy (non-hydrogen) atoms. The first kappa shape index (κ1) is 12.4. The van der Waals surface area contributed by atoms with E-state index in [-0.39, 0.29) is 6.10 Å². The summed E-state index contributed by atoms with van der Waals surface area (Å²) in [6.45, 7) is 7.86. The van der Waals surface area contributed by atoms with Gasteiger partial charge in [0.1, 0.15) is 0 Å². The zero-order valence-corrected chi connectivity index (χ0v) is 10.7. The van der Waals surface area contributed by atoms with E-state index in [4.69, 9.17) is 0 Å². The lowest BCUT2D eigenvalue weighted by atomic mass is 10.1. The normalized spacial score (nSPS) is 19.9. The fourth-order valence-corrected chi connectivity index (χ4v) is 2.38. The van der Waals surface area contributed by atoms with Crippen molar-refractivity contribution in [1.29, 1.82) is 0 Å². The quantitative estimate of drug-likeness (QED) is 0.832. The summed E-state index contributed by atoms with van der Waals surface area (Å²) < 4.78 is 0. The molecule has 1 atom stereocenters. The van der Waals surface area contributed by atoms with Crippen LogP contribution in [0.4, 0.5) is 5.69 Å². The van der Waals surface area contributed by atoms with Crippen molar-refractivity contribution in [2.24, 2.45) is 0 Å². The average molecular weight is 234 g/mol. The summed E-state index contributed by atoms with van der Waals surface area (Å²) in [5, 5.41) is 13.0. The lowest BCUT2D eigenvalue weighted by molar-refractivity contribution is 0.198. The van der Waals surface area contributed by atoms with Gasteiger partial charge in [0, 0.05) is 25.3 Å². The fraction of sp³-hybridized carbons (Fsp3) is 0.571. The van der Waals surface area contributed by atoms with E-state index in [2.05, 4.69) is 42.3 Å². The number of rotatable bonds is 4. The minimum Gasteiger partial charge on any atom is -0.391 e. The first-order chi connectivity index (χ1) is 8.20. The molecule has 3 nitrogen and oxygen atoms in total. The number of benzene rings is 1. The van der Waals surface area contributed by atoms with Crippen LogP contribution in [0.5, 0.6) is 0 Å². The van der Waals surface area contributed by atoms with Crippen LogP contribution in [-0.4, -0.2) is 30.8 Å². The number of nitrogens with one attached hydrogen (secondary N) is 1. The number of β-amino-alcohol motifs (C(OH)–C–C–N with tert-alkyl or cyclic N) is 1. The summed E-state index contributed by atoms with van der Waals surface area (Å²) >= 11 is 0. The van der Waals surface area contributed by atoms with Crippen LogP contribution in [0.3, 0.4) is 0 Å². The second-order valence-electron chi connectivity index (χ2n) is 4.80. The molecule has 1 aliphatic rings. The zero-order chi connectivity index (χ0) is 12.3. The van der Waals surface area contributed by atoms with Crippen LogP contribution in [0.1, 0.15) is 24.5 Å². The number of aryl methyl sites for hydroxylation is 1. The van der Waals surface area contributed by atoms with Gasteiger partial charge in [-0.2, -0.15) is 0 Å². The summed E-state index contributed by atoms with van der Waals surface area (Å²) in [5.74, 6) is 0. The zero-order valence-electron chi connectivity index (χ0n) is 10.7. The Hall–Kier alpha value is -1.06. The van der Waals surface area contributed by atoms with Crippen molar-refractivity contribution >= 4 is 5.69 Å². The summed E-state index contributed by atoms with van der Waals surface area (Å²) in [7, 11) is 0. The van der Waals surface area contributed by atoms with Gasteiger partial charge in [0.05, 0.1) is 6.10 Å². The highest BCUT2D eigenvalue weighted by atomic mass is 16.3. The van der Waals surface area contributed by atoms with E-state index >= 15 is 0 Å². The predicted octanol–water partition coefficient (Wildman–Crippen LogP) is 1.68. The van der Waals surface area contributed by atoms with Crippen LogP contribution >= 0.6 is 0 Å². The molecule has 1 unspecified atom stereocenters. The monoisotopic (exact) mass is 234 g/mol. The number of nitrogens with zero attached hydrogens (tertiary/aromatic N) is 1. The molecule has 1 saturated heterocycles. The van der Waals surface area contributed by atoms with E-state index in [1.165, 1.54) is 16.8 Å². The van der Waals surface area contributed by atoms with Crippen molar-refractivity contribution in [1.82, 2.24) is 5.32 Å². The maximum Gasteiger partial charge on any atom is 0.0731 e. The van der Waals surface area contributed by atoms with E-state index in [9.17, 15) is 5.11 Å². The van der Waals surface area contributed by atoms with Gasteiger partial charge in [-0.05, 0) is 31.5 Å². The van der Waals surface area contributed by atoms with Gasteiger partial charge in [-0.15, -0.1) is 0 Å². The molecule has 1 aromatic carbocycles. The standard InChI is InChI=1S/C14H22N2O/c1-3-15-9-12-8-11(2)4-5-14(12)16-7-6-13(17)10-16/h4-5,8,13,15,17H,3,6-7,9-10H2,1-2H3. The van der Waals surface area contributed by atoms with Crippen molar-refractivity contribution in [2.75, 3.05) is 24.5 Å². The average Bonchev–Trinajstić information content (AvgIpc) is 2.73. The topological polar surface area (TPSA) is 35.5 Å². The molecule has 2 rings (SSSR count). The van der Waals surface area contributed by atoms with Gasteiger partial charge in [0.2, 0.25) is 0 Å². The van der Waals surface area contributed by atoms with Gasteiger partial charge >= 0.3 is 0 Å². The molecule has 3 heteroatoms. The number of aliphatic hydroxyl groups excluding tert-OH is 1. The van der Waals surface area contributed by atoms with E-state index in [0.29, 0.717) is 0 Å². The lowest BCUT2D eigenvalue weighted by Gasteiger charge is -2.22. The van der Waals surface area contributed by atoms with Gasteiger partial charge < -0.3 is 15.3 Å². The molecular weight excluding hydrogens is 212 g/mol. The highest BCUT2D eigenvalue weighted by molar-refractivity contribution is 5.55. The van der Waals surface area contributed by atoms with Gasteiger partial charge in [-0.1, -0.05) is 24.6 Å². The molecule has 2 N–H and O–H groups in total. The van der Waals surface area contributed by atoms with Gasteiger partial charge in [0.25, 0.3) is 0 Å². The van der Waals surface area contributed by atoms with E-state index < -0.39 is 0 Å². The molecule has 94 valence electrons. The van der Waals surface area contributed by atoms with Crippen LogP contribution in [0.2, 0.25) is 0 Å². The maximum absolute atomic E-state index is 9.63. The maximum atomic E-state index is 9.63. The van der Waals surface area contributed by atoms with Crippen LogP contribution in [0.15, 0.2) is 18.2 Å². The number of hydrogen-bond donors (Lipinski definition) is 2. The molecule has 1 heterocycles. The van der Waals surface area contributed by atoms with Crippen molar-refractivity contribution in [3.8, 4) is 0 Å². The minimum atomic E-state index is -0.164. The van der Waals surface area contributed by atoms with Gasteiger partial charge in [-0.25, -0.2) is 0 Å². The fourth-order valence-electron chi connectivity index (χ4n) is 2.38. The third kappa shape index (κ3) is 2.99. The van der Waals surface area contributed by atoms with Crippen molar-refractivity contribution < 1.29 is 5.11 Å². The Kier molecular flexibility index (Phi) is 4.02. The number of aliphatic hydroxyl groups is 1. The Morgan fingerprint density at radius 1 is 1.47 bits per heavy atom. The molecule has 0 aromatic heterocycles. The number of anilines is 1. The SMILES string of the molecule is CCNCc1cc(C)ccc1N1CCC(O)C1. The summed E-state index contributed by atoms with van der Waals surface area (Å²) in [5.41, 5.74) is 3.90. The molecule has 1 aromatic rings. The van der Waals surface area contributed by atoms with Crippen LogP contribution in [-0.2, 0) is 6.54 Å². The second-order valence-corrected chi connectivity index (χ2v) is 4.80. The smallest absolute Gasteiger partial charge is 0.0731 e. The Bertz CT molecular complexity index is 378. The van der Waals surface area contributed by atoms with Gasteiger partial charge in [0.15, 0.2) is 0 Å².